The lowest BCUT2D eigenvalue weighted by Gasteiger charge is -2.18. The topological polar surface area (TPSA) is 96.1 Å². The van der Waals surface area contributed by atoms with E-state index in [9.17, 15) is 4.79 Å². The molecule has 0 fully saturated rings. The van der Waals surface area contributed by atoms with Crippen LogP contribution in [0.4, 0.5) is 10.5 Å². The Bertz CT molecular complexity index is 749. The maximum atomic E-state index is 12.3. The van der Waals surface area contributed by atoms with Gasteiger partial charge in [-0.15, -0.1) is 10.2 Å². The Hall–Kier alpha value is -2.92. The second kappa shape index (κ2) is 8.08. The summed E-state index contributed by atoms with van der Waals surface area (Å²) < 4.78 is 6.88. The summed E-state index contributed by atoms with van der Waals surface area (Å²) in [4.78, 5) is 13.8. The van der Waals surface area contributed by atoms with E-state index in [-0.39, 0.29) is 6.03 Å². The molecule has 2 aromatic rings. The van der Waals surface area contributed by atoms with E-state index in [1.54, 1.807) is 38.7 Å². The molecule has 8 nitrogen and oxygen atoms in total. The summed E-state index contributed by atoms with van der Waals surface area (Å²) in [6.07, 6.45) is 1.61. The molecule has 0 spiro atoms. The van der Waals surface area contributed by atoms with Crippen molar-refractivity contribution >= 4 is 11.7 Å². The Kier molecular flexibility index (Phi) is 5.87. The summed E-state index contributed by atoms with van der Waals surface area (Å²) >= 11 is 0. The monoisotopic (exact) mass is 328 g/mol. The number of carbonyl (C=O) groups excluding carboxylic acids is 1. The summed E-state index contributed by atoms with van der Waals surface area (Å²) in [5, 5.41) is 19.7. The number of carbonyl (C=O) groups is 1. The number of nitrogens with one attached hydrogen (secondary N) is 1. The minimum atomic E-state index is -0.288. The van der Waals surface area contributed by atoms with Gasteiger partial charge in [0.05, 0.1) is 24.8 Å². The van der Waals surface area contributed by atoms with Crippen LogP contribution in [-0.4, -0.2) is 46.5 Å². The van der Waals surface area contributed by atoms with Crippen molar-refractivity contribution in [3.05, 3.63) is 41.5 Å². The van der Waals surface area contributed by atoms with Gasteiger partial charge in [-0.05, 0) is 24.6 Å². The highest BCUT2D eigenvalue weighted by atomic mass is 16.5. The van der Waals surface area contributed by atoms with Gasteiger partial charge in [0.25, 0.3) is 0 Å². The number of benzene rings is 1. The predicted molar refractivity (Wildman–Crippen MR) is 88.3 cm³/mol. The van der Waals surface area contributed by atoms with Crippen LogP contribution in [-0.2, 0) is 17.8 Å². The van der Waals surface area contributed by atoms with Crippen LogP contribution in [0.2, 0.25) is 0 Å². The van der Waals surface area contributed by atoms with Crippen LogP contribution in [0.25, 0.3) is 0 Å². The standard InChI is InChI=1S/C16H20N6O2/c1-12-4-5-14(8-13(12)9-17)19-16(23)21(2)10-15-20-18-11-22(15)6-7-24-3/h4-5,8,11H,6-7,10H2,1-3H3,(H,19,23). The van der Waals surface area contributed by atoms with Crippen molar-refractivity contribution in [1.29, 1.82) is 5.26 Å². The summed E-state index contributed by atoms with van der Waals surface area (Å²) in [6, 6.07) is 7.04. The van der Waals surface area contributed by atoms with Crippen LogP contribution in [0.5, 0.6) is 0 Å². The van der Waals surface area contributed by atoms with E-state index < -0.39 is 0 Å². The van der Waals surface area contributed by atoms with E-state index in [0.29, 0.717) is 36.8 Å². The van der Waals surface area contributed by atoms with Crippen molar-refractivity contribution in [3.63, 3.8) is 0 Å². The number of rotatable bonds is 6. The van der Waals surface area contributed by atoms with Crippen LogP contribution in [0, 0.1) is 18.3 Å². The van der Waals surface area contributed by atoms with Gasteiger partial charge in [-0.1, -0.05) is 6.07 Å². The molecule has 0 unspecified atom stereocenters. The summed E-state index contributed by atoms with van der Waals surface area (Å²) in [5.41, 5.74) is 1.99. The van der Waals surface area contributed by atoms with E-state index in [1.165, 1.54) is 4.90 Å². The molecule has 126 valence electrons. The number of nitriles is 1. The smallest absolute Gasteiger partial charge is 0.321 e. The number of hydrogen-bond donors (Lipinski definition) is 1. The number of aromatic nitrogens is 3. The third-order valence-electron chi connectivity index (χ3n) is 3.57. The van der Waals surface area contributed by atoms with Gasteiger partial charge in [-0.3, -0.25) is 0 Å². The fourth-order valence-corrected chi connectivity index (χ4v) is 2.10. The van der Waals surface area contributed by atoms with Gasteiger partial charge in [-0.25, -0.2) is 4.79 Å². The molecule has 1 aromatic carbocycles. The fourth-order valence-electron chi connectivity index (χ4n) is 2.10. The first-order valence-electron chi connectivity index (χ1n) is 7.43. The van der Waals surface area contributed by atoms with Crippen molar-refractivity contribution in [2.24, 2.45) is 0 Å². The number of ether oxygens (including phenoxy) is 1. The average Bonchev–Trinajstić information content (AvgIpc) is 3.01. The maximum Gasteiger partial charge on any atom is 0.321 e. The molecule has 24 heavy (non-hydrogen) atoms. The molecule has 0 bridgehead atoms. The van der Waals surface area contributed by atoms with Gasteiger partial charge in [0.1, 0.15) is 6.33 Å². The highest BCUT2D eigenvalue weighted by Crippen LogP contribution is 2.15. The zero-order chi connectivity index (χ0) is 17.5. The van der Waals surface area contributed by atoms with E-state index in [0.717, 1.165) is 5.56 Å². The summed E-state index contributed by atoms with van der Waals surface area (Å²) in [6.45, 7) is 3.33. The second-order valence-electron chi connectivity index (χ2n) is 5.36. The molecule has 0 aliphatic heterocycles. The molecule has 0 aliphatic carbocycles. The molecule has 1 aromatic heterocycles. The van der Waals surface area contributed by atoms with Crippen molar-refractivity contribution in [3.8, 4) is 6.07 Å². The Morgan fingerprint density at radius 1 is 1.50 bits per heavy atom. The van der Waals surface area contributed by atoms with Gasteiger partial charge in [-0.2, -0.15) is 5.26 Å². The van der Waals surface area contributed by atoms with E-state index in [2.05, 4.69) is 21.6 Å². The van der Waals surface area contributed by atoms with E-state index in [4.69, 9.17) is 10.00 Å². The number of nitrogens with zero attached hydrogens (tertiary/aromatic N) is 5. The first-order chi connectivity index (χ1) is 11.5. The minimum Gasteiger partial charge on any atom is -0.383 e. The summed E-state index contributed by atoms with van der Waals surface area (Å²) in [7, 11) is 3.30. The molecule has 0 saturated heterocycles. The van der Waals surface area contributed by atoms with Gasteiger partial charge in [0.15, 0.2) is 5.82 Å². The summed E-state index contributed by atoms with van der Waals surface area (Å²) in [5.74, 6) is 0.673. The quantitative estimate of drug-likeness (QED) is 0.872. The van der Waals surface area contributed by atoms with E-state index in [1.807, 2.05) is 11.5 Å². The lowest BCUT2D eigenvalue weighted by molar-refractivity contribution is 0.184. The van der Waals surface area contributed by atoms with Crippen LogP contribution < -0.4 is 5.32 Å². The molecular weight excluding hydrogens is 308 g/mol. The SMILES string of the molecule is COCCn1cnnc1CN(C)C(=O)Nc1ccc(C)c(C#N)c1. The van der Waals surface area contributed by atoms with Gasteiger partial charge in [0.2, 0.25) is 0 Å². The number of methoxy groups -OCH3 is 1. The Morgan fingerprint density at radius 2 is 2.29 bits per heavy atom. The number of anilines is 1. The first-order valence-corrected chi connectivity index (χ1v) is 7.43. The highest BCUT2D eigenvalue weighted by molar-refractivity contribution is 5.89. The number of urea groups is 1. The van der Waals surface area contributed by atoms with Gasteiger partial charge in [0, 0.05) is 26.4 Å². The Labute approximate surface area is 140 Å². The Morgan fingerprint density at radius 3 is 3.00 bits per heavy atom. The molecule has 1 N–H and O–H groups in total. The number of aryl methyl sites for hydroxylation is 1. The highest BCUT2D eigenvalue weighted by Gasteiger charge is 2.14. The largest absolute Gasteiger partial charge is 0.383 e. The molecule has 0 saturated carbocycles. The average molecular weight is 328 g/mol. The molecule has 2 rings (SSSR count). The maximum absolute atomic E-state index is 12.3. The third kappa shape index (κ3) is 4.30. The van der Waals surface area contributed by atoms with Crippen LogP contribution in [0.15, 0.2) is 24.5 Å². The fraction of sp³-hybridized carbons (Fsp3) is 0.375. The van der Waals surface area contributed by atoms with Gasteiger partial charge >= 0.3 is 6.03 Å². The van der Waals surface area contributed by atoms with Crippen LogP contribution in [0.1, 0.15) is 17.0 Å². The molecule has 0 atom stereocenters. The van der Waals surface area contributed by atoms with Crippen molar-refractivity contribution in [1.82, 2.24) is 19.7 Å². The first kappa shape index (κ1) is 17.4. The predicted octanol–water partition coefficient (Wildman–Crippen LogP) is 1.77. The number of amides is 2. The van der Waals surface area contributed by atoms with Crippen LogP contribution in [0.3, 0.4) is 0 Å². The lowest BCUT2D eigenvalue weighted by atomic mass is 10.1. The molecule has 0 radical (unpaired) electrons. The zero-order valence-corrected chi connectivity index (χ0v) is 14.0. The Balaban J connectivity index is 2.00. The normalized spacial score (nSPS) is 10.2. The molecule has 8 heteroatoms. The molecular formula is C16H20N6O2. The number of hydrogen-bond acceptors (Lipinski definition) is 5. The van der Waals surface area contributed by atoms with Crippen molar-refractivity contribution < 1.29 is 9.53 Å². The lowest BCUT2D eigenvalue weighted by Crippen LogP contribution is -2.32. The van der Waals surface area contributed by atoms with Crippen molar-refractivity contribution in [2.45, 2.75) is 20.0 Å². The molecule has 2 amide bonds. The second-order valence-corrected chi connectivity index (χ2v) is 5.36. The van der Waals surface area contributed by atoms with Crippen molar-refractivity contribution in [2.75, 3.05) is 26.1 Å². The zero-order valence-electron chi connectivity index (χ0n) is 14.0. The van der Waals surface area contributed by atoms with E-state index >= 15 is 0 Å². The molecule has 1 heterocycles. The minimum absolute atomic E-state index is 0.288. The third-order valence-corrected chi connectivity index (χ3v) is 3.57. The van der Waals surface area contributed by atoms with Gasteiger partial charge < -0.3 is 19.5 Å². The van der Waals surface area contributed by atoms with Crippen LogP contribution >= 0.6 is 0 Å². The molecule has 0 aliphatic rings.